The van der Waals surface area contributed by atoms with Crippen molar-refractivity contribution in [2.24, 2.45) is 0 Å². The van der Waals surface area contributed by atoms with Gasteiger partial charge < -0.3 is 14.8 Å². The number of nitrogens with one attached hydrogen (secondary N) is 1. The lowest BCUT2D eigenvalue weighted by Gasteiger charge is -2.16. The van der Waals surface area contributed by atoms with Crippen LogP contribution in [0.2, 0.25) is 0 Å². The number of fused-ring (bicyclic) bond motifs is 1. The maximum Gasteiger partial charge on any atom is 0.249 e. The average molecular weight is 314 g/mol. The minimum atomic E-state index is -0.361. The summed E-state index contributed by atoms with van der Waals surface area (Å²) < 4.78 is 5.11. The van der Waals surface area contributed by atoms with E-state index in [0.717, 1.165) is 10.4 Å². The smallest absolute Gasteiger partial charge is 0.249 e. The Morgan fingerprint density at radius 1 is 1.59 bits per heavy atom. The van der Waals surface area contributed by atoms with Gasteiger partial charge in [0.1, 0.15) is 16.8 Å². The zero-order valence-electron chi connectivity index (χ0n) is 11.7. The van der Waals surface area contributed by atoms with Gasteiger partial charge in [-0.05, 0) is 36.6 Å². The number of aliphatic hydroxyl groups is 1. The van der Waals surface area contributed by atoms with Crippen LogP contribution in [-0.4, -0.2) is 17.1 Å². The molecule has 0 fully saturated rings. The summed E-state index contributed by atoms with van der Waals surface area (Å²) in [5, 5.41) is 22.3. The number of aliphatic hydroxyl groups excluding tert-OH is 1. The van der Waals surface area contributed by atoms with E-state index in [2.05, 4.69) is 11.4 Å². The molecule has 112 valence electrons. The molecule has 6 heteroatoms. The second kappa shape index (κ2) is 6.18. The van der Waals surface area contributed by atoms with Crippen LogP contribution in [0.4, 0.5) is 5.00 Å². The fourth-order valence-electron chi connectivity index (χ4n) is 2.47. The number of carbonyl (C=O) groups excluding carboxylic acids is 1. The lowest BCUT2D eigenvalue weighted by Crippen LogP contribution is -2.17. The minimum absolute atomic E-state index is 0.313. The van der Waals surface area contributed by atoms with Crippen LogP contribution in [0.15, 0.2) is 28.9 Å². The summed E-state index contributed by atoms with van der Waals surface area (Å²) in [5.41, 5.74) is 1.48. The van der Waals surface area contributed by atoms with Crippen molar-refractivity contribution in [1.29, 1.82) is 5.26 Å². The highest BCUT2D eigenvalue weighted by Gasteiger charge is 2.25. The van der Waals surface area contributed by atoms with Crippen molar-refractivity contribution in [2.45, 2.75) is 25.4 Å². The topological polar surface area (TPSA) is 86.3 Å². The second-order valence-electron chi connectivity index (χ2n) is 5.05. The number of nitriles is 1. The maximum atomic E-state index is 12.0. The van der Waals surface area contributed by atoms with E-state index in [0.29, 0.717) is 35.6 Å². The molecule has 2 heterocycles. The van der Waals surface area contributed by atoms with Gasteiger partial charge in [-0.1, -0.05) is 0 Å². The summed E-state index contributed by atoms with van der Waals surface area (Å²) in [6.45, 7) is 0. The van der Waals surface area contributed by atoms with Crippen LogP contribution in [0.25, 0.3) is 6.08 Å². The molecule has 0 saturated heterocycles. The predicted octanol–water partition coefficient (Wildman–Crippen LogP) is 2.71. The number of amides is 1. The molecule has 1 atom stereocenters. The molecule has 5 nitrogen and oxygen atoms in total. The Labute approximate surface area is 131 Å². The van der Waals surface area contributed by atoms with Gasteiger partial charge in [-0.25, -0.2) is 0 Å². The van der Waals surface area contributed by atoms with Gasteiger partial charge in [0.05, 0.1) is 17.9 Å². The van der Waals surface area contributed by atoms with E-state index >= 15 is 0 Å². The van der Waals surface area contributed by atoms with Crippen molar-refractivity contribution >= 4 is 28.3 Å². The maximum absolute atomic E-state index is 12.0. The molecule has 22 heavy (non-hydrogen) atoms. The van der Waals surface area contributed by atoms with Crippen molar-refractivity contribution in [1.82, 2.24) is 0 Å². The number of hydrogen-bond acceptors (Lipinski definition) is 5. The Balaban J connectivity index is 1.78. The number of furan rings is 1. The first-order valence-electron chi connectivity index (χ1n) is 6.92. The van der Waals surface area contributed by atoms with Crippen molar-refractivity contribution in [3.8, 4) is 6.07 Å². The third-order valence-corrected chi connectivity index (χ3v) is 4.70. The Bertz CT molecular complexity index is 753. The first-order valence-corrected chi connectivity index (χ1v) is 7.74. The molecule has 3 rings (SSSR count). The Hall–Kier alpha value is -2.36. The molecule has 1 unspecified atom stereocenters. The lowest BCUT2D eigenvalue weighted by molar-refractivity contribution is -0.111. The first-order chi connectivity index (χ1) is 10.7. The highest BCUT2D eigenvalue weighted by molar-refractivity contribution is 7.16. The molecule has 0 aliphatic heterocycles. The van der Waals surface area contributed by atoms with Crippen LogP contribution in [0.1, 0.15) is 28.2 Å². The largest absolute Gasteiger partial charge is 0.465 e. The Morgan fingerprint density at radius 3 is 3.18 bits per heavy atom. The Kier molecular flexibility index (Phi) is 4.09. The average Bonchev–Trinajstić information content (AvgIpc) is 3.11. The second-order valence-corrected chi connectivity index (χ2v) is 6.16. The molecule has 1 aliphatic rings. The summed E-state index contributed by atoms with van der Waals surface area (Å²) in [7, 11) is 0. The molecule has 1 amide bonds. The Morgan fingerprint density at radius 2 is 2.45 bits per heavy atom. The number of anilines is 1. The third-order valence-electron chi connectivity index (χ3n) is 3.53. The van der Waals surface area contributed by atoms with Gasteiger partial charge in [-0.2, -0.15) is 5.26 Å². The van der Waals surface area contributed by atoms with Gasteiger partial charge in [0, 0.05) is 17.4 Å². The lowest BCUT2D eigenvalue weighted by atomic mass is 9.94. The van der Waals surface area contributed by atoms with E-state index in [1.165, 1.54) is 23.7 Å². The van der Waals surface area contributed by atoms with E-state index in [4.69, 9.17) is 4.42 Å². The number of rotatable bonds is 3. The van der Waals surface area contributed by atoms with Crippen LogP contribution in [0.5, 0.6) is 0 Å². The summed E-state index contributed by atoms with van der Waals surface area (Å²) in [4.78, 5) is 12.9. The van der Waals surface area contributed by atoms with Crippen molar-refractivity contribution in [2.75, 3.05) is 5.32 Å². The summed E-state index contributed by atoms with van der Waals surface area (Å²) in [5.74, 6) is 0.274. The van der Waals surface area contributed by atoms with Crippen LogP contribution >= 0.6 is 11.3 Å². The molecule has 0 radical (unpaired) electrons. The molecule has 0 saturated carbocycles. The normalized spacial score (nSPS) is 17.2. The standard InChI is InChI=1S/C16H14N2O3S/c17-9-13-12-5-3-10(19)8-14(12)22-16(13)18-15(20)6-4-11-2-1-7-21-11/h1-2,4,6-7,10,19H,3,5,8H2,(H,18,20). The SMILES string of the molecule is N#Cc1c(NC(=O)C=Cc2ccco2)sc2c1CCC(O)C2. The monoisotopic (exact) mass is 314 g/mol. The number of carbonyl (C=O) groups is 1. The van der Waals surface area contributed by atoms with E-state index in [1.54, 1.807) is 18.2 Å². The molecular weight excluding hydrogens is 300 g/mol. The highest BCUT2D eigenvalue weighted by atomic mass is 32.1. The van der Waals surface area contributed by atoms with Crippen LogP contribution in [-0.2, 0) is 17.6 Å². The minimum Gasteiger partial charge on any atom is -0.465 e. The van der Waals surface area contributed by atoms with Crippen molar-refractivity contribution in [3.63, 3.8) is 0 Å². The summed E-state index contributed by atoms with van der Waals surface area (Å²) >= 11 is 1.37. The first kappa shape index (κ1) is 14.6. The molecule has 1 aliphatic carbocycles. The molecule has 0 spiro atoms. The molecule has 0 aromatic carbocycles. The molecule has 0 bridgehead atoms. The van der Waals surface area contributed by atoms with Gasteiger partial charge in [-0.3, -0.25) is 4.79 Å². The number of hydrogen-bond donors (Lipinski definition) is 2. The van der Waals surface area contributed by atoms with Gasteiger partial charge in [0.15, 0.2) is 0 Å². The van der Waals surface area contributed by atoms with Crippen molar-refractivity contribution < 1.29 is 14.3 Å². The van der Waals surface area contributed by atoms with Gasteiger partial charge in [0.25, 0.3) is 0 Å². The van der Waals surface area contributed by atoms with Crippen LogP contribution in [0.3, 0.4) is 0 Å². The highest BCUT2D eigenvalue weighted by Crippen LogP contribution is 2.37. The third kappa shape index (κ3) is 2.96. The zero-order valence-corrected chi connectivity index (χ0v) is 12.5. The van der Waals surface area contributed by atoms with Crippen LogP contribution < -0.4 is 5.32 Å². The molecule has 2 aromatic rings. The number of thiophene rings is 1. The van der Waals surface area contributed by atoms with Crippen molar-refractivity contribution in [3.05, 3.63) is 46.2 Å². The quantitative estimate of drug-likeness (QED) is 0.853. The van der Waals surface area contributed by atoms with Crippen LogP contribution in [0, 0.1) is 11.3 Å². The van der Waals surface area contributed by atoms with E-state index in [9.17, 15) is 15.2 Å². The number of nitrogens with zero attached hydrogens (tertiary/aromatic N) is 1. The zero-order chi connectivity index (χ0) is 15.5. The van der Waals surface area contributed by atoms with Gasteiger partial charge in [0.2, 0.25) is 5.91 Å². The predicted molar refractivity (Wildman–Crippen MR) is 83.4 cm³/mol. The molecule has 2 aromatic heterocycles. The molecule has 2 N–H and O–H groups in total. The summed E-state index contributed by atoms with van der Waals surface area (Å²) in [6, 6.07) is 5.65. The van der Waals surface area contributed by atoms with Gasteiger partial charge in [-0.15, -0.1) is 11.3 Å². The fraction of sp³-hybridized carbons (Fsp3) is 0.250. The van der Waals surface area contributed by atoms with E-state index < -0.39 is 0 Å². The fourth-order valence-corrected chi connectivity index (χ4v) is 3.74. The van der Waals surface area contributed by atoms with E-state index in [-0.39, 0.29) is 12.0 Å². The molecular formula is C16H14N2O3S. The van der Waals surface area contributed by atoms with Gasteiger partial charge >= 0.3 is 0 Å². The summed E-state index contributed by atoms with van der Waals surface area (Å²) in [6.07, 6.45) is 5.99. The van der Waals surface area contributed by atoms with E-state index in [1.807, 2.05) is 0 Å².